The van der Waals surface area contributed by atoms with Crippen LogP contribution < -0.4 is 4.74 Å². The van der Waals surface area contributed by atoms with Gasteiger partial charge in [-0.2, -0.15) is 0 Å². The standard InChI is InChI=1S/C27H30N4O2/c1-4-11-30-12-10-18-13-22-21(15-20(18)27(30)32)28-26(29(22)2)23-14-19-6-5-7-24(33-3)25(19)31(23)16-17-8-9-17/h5-7,13-15,17H,4,8-12,16H2,1-3H3. The summed E-state index contributed by atoms with van der Waals surface area (Å²) in [6.45, 7) is 4.70. The molecule has 2 aromatic carbocycles. The minimum Gasteiger partial charge on any atom is -0.495 e. The third-order valence-electron chi connectivity index (χ3n) is 7.24. The second-order valence-corrected chi connectivity index (χ2v) is 9.52. The summed E-state index contributed by atoms with van der Waals surface area (Å²) in [5, 5.41) is 1.17. The summed E-state index contributed by atoms with van der Waals surface area (Å²) in [4.78, 5) is 20.1. The molecule has 0 unspecified atom stereocenters. The number of benzene rings is 2. The fourth-order valence-electron chi connectivity index (χ4n) is 5.32. The van der Waals surface area contributed by atoms with E-state index < -0.39 is 0 Å². The van der Waals surface area contributed by atoms with Crippen LogP contribution in [0.4, 0.5) is 0 Å². The Balaban J connectivity index is 1.52. The lowest BCUT2D eigenvalue weighted by Crippen LogP contribution is -2.38. The predicted octanol–water partition coefficient (Wildman–Crippen LogP) is 5.02. The summed E-state index contributed by atoms with van der Waals surface area (Å²) < 4.78 is 10.3. The van der Waals surface area contributed by atoms with E-state index in [1.807, 2.05) is 23.1 Å². The maximum atomic E-state index is 13.1. The van der Waals surface area contributed by atoms with Crippen molar-refractivity contribution in [2.24, 2.45) is 13.0 Å². The molecule has 0 spiro atoms. The van der Waals surface area contributed by atoms with Crippen LogP contribution in [-0.2, 0) is 20.0 Å². The highest BCUT2D eigenvalue weighted by Gasteiger charge is 2.28. The van der Waals surface area contributed by atoms with E-state index in [2.05, 4.69) is 41.3 Å². The number of rotatable bonds is 6. The predicted molar refractivity (Wildman–Crippen MR) is 131 cm³/mol. The van der Waals surface area contributed by atoms with Gasteiger partial charge < -0.3 is 18.8 Å². The molecule has 0 radical (unpaired) electrons. The van der Waals surface area contributed by atoms with Crippen LogP contribution in [0, 0.1) is 5.92 Å². The number of aromatic nitrogens is 3. The summed E-state index contributed by atoms with van der Waals surface area (Å²) in [6.07, 6.45) is 4.43. The molecule has 1 aliphatic heterocycles. The van der Waals surface area contributed by atoms with Crippen molar-refractivity contribution in [1.29, 1.82) is 0 Å². The number of fused-ring (bicyclic) bond motifs is 3. The van der Waals surface area contributed by atoms with E-state index in [0.29, 0.717) is 5.92 Å². The molecule has 1 amide bonds. The number of hydrogen-bond donors (Lipinski definition) is 0. The Kier molecular flexibility index (Phi) is 4.71. The highest BCUT2D eigenvalue weighted by molar-refractivity contribution is 6.00. The topological polar surface area (TPSA) is 52.3 Å². The number of hydrogen-bond acceptors (Lipinski definition) is 3. The Morgan fingerprint density at radius 1 is 1.18 bits per heavy atom. The van der Waals surface area contributed by atoms with E-state index in [1.165, 1.54) is 18.2 Å². The van der Waals surface area contributed by atoms with Crippen LogP contribution in [0.3, 0.4) is 0 Å². The quantitative estimate of drug-likeness (QED) is 0.421. The lowest BCUT2D eigenvalue weighted by atomic mass is 9.98. The first kappa shape index (κ1) is 20.3. The highest BCUT2D eigenvalue weighted by Crippen LogP contribution is 2.39. The zero-order chi connectivity index (χ0) is 22.7. The van der Waals surface area contributed by atoms with Gasteiger partial charge in [-0.15, -0.1) is 0 Å². The van der Waals surface area contributed by atoms with Crippen molar-refractivity contribution in [3.8, 4) is 17.3 Å². The van der Waals surface area contributed by atoms with Crippen molar-refractivity contribution in [3.63, 3.8) is 0 Å². The fraction of sp³-hybridized carbons (Fsp3) is 0.407. The second kappa shape index (κ2) is 7.65. The summed E-state index contributed by atoms with van der Waals surface area (Å²) >= 11 is 0. The highest BCUT2D eigenvalue weighted by atomic mass is 16.5. The second-order valence-electron chi connectivity index (χ2n) is 9.52. The van der Waals surface area contributed by atoms with Crippen LogP contribution in [0.2, 0.25) is 0 Å². The minimum absolute atomic E-state index is 0.139. The van der Waals surface area contributed by atoms with Crippen molar-refractivity contribution in [1.82, 2.24) is 19.0 Å². The molecule has 1 saturated carbocycles. The molecule has 0 N–H and O–H groups in total. The van der Waals surface area contributed by atoms with Gasteiger partial charge >= 0.3 is 0 Å². The Morgan fingerprint density at radius 3 is 2.79 bits per heavy atom. The Hall–Kier alpha value is -3.28. The molecule has 0 atom stereocenters. The summed E-state index contributed by atoms with van der Waals surface area (Å²) in [6, 6.07) is 12.6. The van der Waals surface area contributed by atoms with Gasteiger partial charge in [0, 0.05) is 37.6 Å². The number of ether oxygens (including phenoxy) is 1. The molecule has 4 aromatic rings. The van der Waals surface area contributed by atoms with Gasteiger partial charge in [-0.1, -0.05) is 19.1 Å². The molecule has 0 bridgehead atoms. The van der Waals surface area contributed by atoms with Crippen LogP contribution in [0.1, 0.15) is 42.1 Å². The molecule has 6 heteroatoms. The lowest BCUT2D eigenvalue weighted by Gasteiger charge is -2.28. The van der Waals surface area contributed by atoms with E-state index in [9.17, 15) is 4.79 Å². The molecule has 170 valence electrons. The van der Waals surface area contributed by atoms with E-state index >= 15 is 0 Å². The minimum atomic E-state index is 0.139. The van der Waals surface area contributed by atoms with Crippen molar-refractivity contribution in [2.45, 2.75) is 39.2 Å². The molecule has 3 heterocycles. The van der Waals surface area contributed by atoms with Crippen LogP contribution in [-0.4, -0.2) is 45.1 Å². The van der Waals surface area contributed by atoms with Crippen molar-refractivity contribution < 1.29 is 9.53 Å². The zero-order valence-corrected chi connectivity index (χ0v) is 19.6. The maximum Gasteiger partial charge on any atom is 0.254 e. The van der Waals surface area contributed by atoms with E-state index in [1.54, 1.807) is 7.11 Å². The molecule has 33 heavy (non-hydrogen) atoms. The first-order valence-corrected chi connectivity index (χ1v) is 12.0. The molecule has 1 fully saturated rings. The van der Waals surface area contributed by atoms with Gasteiger partial charge in [-0.25, -0.2) is 4.98 Å². The molecule has 0 saturated heterocycles. The molecular weight excluding hydrogens is 412 g/mol. The Bertz CT molecular complexity index is 1390. The van der Waals surface area contributed by atoms with Crippen molar-refractivity contribution in [3.05, 3.63) is 47.5 Å². The van der Waals surface area contributed by atoms with Crippen LogP contribution in [0.5, 0.6) is 5.75 Å². The fourth-order valence-corrected chi connectivity index (χ4v) is 5.32. The molecule has 2 aromatic heterocycles. The van der Waals surface area contributed by atoms with Gasteiger partial charge in [0.25, 0.3) is 5.91 Å². The zero-order valence-electron chi connectivity index (χ0n) is 19.6. The number of para-hydroxylation sites is 1. The third-order valence-corrected chi connectivity index (χ3v) is 7.24. The molecular formula is C27H30N4O2. The lowest BCUT2D eigenvalue weighted by molar-refractivity contribution is 0.0740. The summed E-state index contributed by atoms with van der Waals surface area (Å²) in [5.74, 6) is 2.69. The van der Waals surface area contributed by atoms with Crippen LogP contribution in [0.15, 0.2) is 36.4 Å². The number of carbonyl (C=O) groups is 1. The van der Waals surface area contributed by atoms with Gasteiger partial charge in [0.1, 0.15) is 5.75 Å². The van der Waals surface area contributed by atoms with E-state index in [-0.39, 0.29) is 5.91 Å². The number of amides is 1. The number of imidazole rings is 1. The normalized spacial score (nSPS) is 16.1. The molecule has 6 rings (SSSR count). The number of carbonyl (C=O) groups excluding carboxylic acids is 1. The Morgan fingerprint density at radius 2 is 2.03 bits per heavy atom. The molecule has 2 aliphatic rings. The van der Waals surface area contributed by atoms with Gasteiger partial charge in [0.2, 0.25) is 0 Å². The first-order chi connectivity index (χ1) is 16.1. The van der Waals surface area contributed by atoms with E-state index in [0.717, 1.165) is 77.4 Å². The number of methoxy groups -OCH3 is 1. The van der Waals surface area contributed by atoms with Gasteiger partial charge in [0.05, 0.1) is 29.4 Å². The van der Waals surface area contributed by atoms with Gasteiger partial charge in [-0.3, -0.25) is 4.79 Å². The monoisotopic (exact) mass is 442 g/mol. The van der Waals surface area contributed by atoms with Gasteiger partial charge in [-0.05, 0) is 61.4 Å². The largest absolute Gasteiger partial charge is 0.495 e. The van der Waals surface area contributed by atoms with Gasteiger partial charge in [0.15, 0.2) is 5.82 Å². The number of nitrogens with zero attached hydrogens (tertiary/aromatic N) is 4. The first-order valence-electron chi connectivity index (χ1n) is 12.0. The SMILES string of the molecule is CCCN1CCc2cc3c(cc2C1=O)nc(-c1cc2cccc(OC)c2n1CC1CC1)n3C. The smallest absolute Gasteiger partial charge is 0.254 e. The van der Waals surface area contributed by atoms with E-state index in [4.69, 9.17) is 9.72 Å². The van der Waals surface area contributed by atoms with Crippen LogP contribution in [0.25, 0.3) is 33.5 Å². The number of aryl methyl sites for hydroxylation is 1. The average Bonchev–Trinajstić information content (AvgIpc) is 3.50. The van der Waals surface area contributed by atoms with Crippen LogP contribution >= 0.6 is 0 Å². The van der Waals surface area contributed by atoms with Crippen molar-refractivity contribution >= 4 is 27.8 Å². The molecule has 1 aliphatic carbocycles. The Labute approximate surface area is 193 Å². The van der Waals surface area contributed by atoms with Crippen molar-refractivity contribution in [2.75, 3.05) is 20.2 Å². The summed E-state index contributed by atoms with van der Waals surface area (Å²) in [7, 11) is 3.82. The third kappa shape index (κ3) is 3.23. The average molecular weight is 443 g/mol. The maximum absolute atomic E-state index is 13.1. The molecule has 6 nitrogen and oxygen atoms in total. The summed E-state index contributed by atoms with van der Waals surface area (Å²) in [5.41, 5.74) is 6.15.